The van der Waals surface area contributed by atoms with E-state index in [1.807, 2.05) is 7.05 Å². The highest BCUT2D eigenvalue weighted by atomic mass is 16.5. The van der Waals surface area contributed by atoms with Crippen LogP contribution in [0.5, 0.6) is 17.2 Å². The van der Waals surface area contributed by atoms with Crippen molar-refractivity contribution in [1.82, 2.24) is 50.3 Å². The van der Waals surface area contributed by atoms with Crippen molar-refractivity contribution in [2.45, 2.75) is 0 Å². The molecular weight excluding hydrogens is 993 g/mol. The van der Waals surface area contributed by atoms with Crippen molar-refractivity contribution in [2.75, 3.05) is 86.8 Å². The summed E-state index contributed by atoms with van der Waals surface area (Å²) in [7, 11) is 6.06. The van der Waals surface area contributed by atoms with E-state index in [0.717, 1.165) is 129 Å². The van der Waals surface area contributed by atoms with E-state index in [-0.39, 0.29) is 0 Å². The van der Waals surface area contributed by atoms with Crippen molar-refractivity contribution in [1.29, 1.82) is 0 Å². The molecule has 16 rings (SSSR count). The van der Waals surface area contributed by atoms with Gasteiger partial charge in [-0.25, -0.2) is 0 Å². The van der Waals surface area contributed by atoms with Gasteiger partial charge in [0, 0.05) is 144 Å². The smallest absolute Gasteiger partial charge is 0.167 e. The van der Waals surface area contributed by atoms with Gasteiger partial charge in [0.05, 0.1) is 33.1 Å². The number of rotatable bonds is 12. The first-order valence-corrected chi connectivity index (χ1v) is 27.9. The first-order valence-electron chi connectivity index (χ1n) is 27.9. The molecule has 1 aliphatic heterocycles. The van der Waals surface area contributed by atoms with E-state index in [4.69, 9.17) is 14.2 Å². The summed E-state index contributed by atoms with van der Waals surface area (Å²) in [6.07, 6.45) is 0. The van der Waals surface area contributed by atoms with E-state index < -0.39 is 0 Å². The van der Waals surface area contributed by atoms with E-state index in [1.54, 1.807) is 0 Å². The number of likely N-dealkylation sites (N-methyl/N-ethyl adjacent to an activating group) is 2. The molecule has 0 saturated carbocycles. The zero-order valence-electron chi connectivity index (χ0n) is 45.3. The molecule has 13 heteroatoms. The summed E-state index contributed by atoms with van der Waals surface area (Å²) < 4.78 is 19.0. The average molecular weight is 1060 g/mol. The van der Waals surface area contributed by atoms with Crippen LogP contribution in [0.25, 0.3) is 131 Å². The molecule has 9 aromatic carbocycles. The maximum absolute atomic E-state index is 6.47. The van der Waals surface area contributed by atoms with Gasteiger partial charge in [-0.2, -0.15) is 0 Å². The van der Waals surface area contributed by atoms with Gasteiger partial charge in [0.15, 0.2) is 17.2 Å². The van der Waals surface area contributed by atoms with Crippen molar-refractivity contribution >= 4 is 131 Å². The highest BCUT2D eigenvalue weighted by molar-refractivity contribution is 6.23. The second kappa shape index (κ2) is 21.0. The highest BCUT2D eigenvalue weighted by Crippen LogP contribution is 2.44. The van der Waals surface area contributed by atoms with Gasteiger partial charge in [0.1, 0.15) is 19.8 Å². The number of para-hydroxylation sites is 6. The molecule has 13 nitrogen and oxygen atoms in total. The highest BCUT2D eigenvalue weighted by Gasteiger charge is 2.21. The maximum Gasteiger partial charge on any atom is 0.167 e. The summed E-state index contributed by atoms with van der Waals surface area (Å²) in [5, 5.41) is 21.2. The van der Waals surface area contributed by atoms with Gasteiger partial charge in [-0.15, -0.1) is 0 Å². The van der Waals surface area contributed by atoms with Crippen LogP contribution in [0, 0.1) is 0 Å². The molecule has 7 heterocycles. The van der Waals surface area contributed by atoms with Crippen LogP contribution in [0.3, 0.4) is 0 Å². The standard InChI is InChI=1S/C24H24N4O.C22H21N3O.C21H19N3O/c1-3-7-20-16(5-1)18-15-19-17-6-2-4-8-21(17)27-23(19)24(22(18)26-20)29-14-13-28-11-9-25-10-12-28;1-25(2)11-12-26-22-20-16(14-7-3-5-9-18(14)23-20)13-17-15-8-4-6-10-19(15)24-21(17)22;1-22-10-11-25-21-19-15(13-6-2-4-8-17(13)23-19)12-16-14-7-3-5-9-18(14)24-20(16)21/h1-8,15,25-27H,9-14H2;3-10,13,23-24H,11-12H2,1-2H3;2-9,12,22-24H,10-11H2,1H3. The molecule has 15 aromatic rings. The number of piperazine rings is 1. The molecule has 0 spiro atoms. The zero-order chi connectivity index (χ0) is 53.7. The molecule has 8 N–H and O–H groups in total. The second-order valence-corrected chi connectivity index (χ2v) is 21.2. The first kappa shape index (κ1) is 49.3. The summed E-state index contributed by atoms with van der Waals surface area (Å²) in [6, 6.07) is 57.5. The van der Waals surface area contributed by atoms with Gasteiger partial charge < -0.3 is 59.6 Å². The molecule has 400 valence electrons. The summed E-state index contributed by atoms with van der Waals surface area (Å²) in [5.41, 5.74) is 13.2. The number of nitrogens with zero attached hydrogens (tertiary/aromatic N) is 2. The van der Waals surface area contributed by atoms with Crippen molar-refractivity contribution in [3.05, 3.63) is 164 Å². The van der Waals surface area contributed by atoms with Crippen molar-refractivity contribution in [3.63, 3.8) is 0 Å². The fourth-order valence-electron chi connectivity index (χ4n) is 12.0. The van der Waals surface area contributed by atoms with Crippen LogP contribution in [-0.4, -0.2) is 126 Å². The SMILES string of the molecule is CN(C)CCOc1c2[nH]c3ccccc3c2cc2c1[nH]c1ccccc12.CNCCOc1c2[nH]c3ccccc3c2cc2c1[nH]c1ccccc12.c1ccc2c(c1)[nH]c1c(OCCN3CCNCC3)c3[nH]c4ccccc4c3cc12. The van der Waals surface area contributed by atoms with Crippen LogP contribution in [-0.2, 0) is 0 Å². The Bertz CT molecular complexity index is 4470. The molecule has 0 atom stereocenters. The van der Waals surface area contributed by atoms with Crippen LogP contribution in [0.4, 0.5) is 0 Å². The van der Waals surface area contributed by atoms with E-state index >= 15 is 0 Å². The normalized spacial score (nSPS) is 13.3. The summed E-state index contributed by atoms with van der Waals surface area (Å²) >= 11 is 0. The Hall–Kier alpha value is -8.98. The van der Waals surface area contributed by atoms with Gasteiger partial charge >= 0.3 is 0 Å². The third-order valence-corrected chi connectivity index (χ3v) is 16.0. The Balaban J connectivity index is 0.000000108. The molecule has 1 saturated heterocycles. The minimum Gasteiger partial charge on any atom is -0.488 e. The molecule has 1 fully saturated rings. The molecule has 0 bridgehead atoms. The zero-order valence-corrected chi connectivity index (χ0v) is 45.3. The summed E-state index contributed by atoms with van der Waals surface area (Å²) in [5.74, 6) is 2.74. The topological polar surface area (TPSA) is 153 Å². The molecule has 6 aromatic heterocycles. The number of benzene rings is 9. The molecule has 0 aliphatic carbocycles. The number of aromatic amines is 6. The second-order valence-electron chi connectivity index (χ2n) is 21.2. The van der Waals surface area contributed by atoms with E-state index in [0.29, 0.717) is 19.8 Å². The number of hydrogen-bond donors (Lipinski definition) is 8. The minimum atomic E-state index is 0.620. The van der Waals surface area contributed by atoms with Crippen molar-refractivity contribution in [3.8, 4) is 17.2 Å². The number of fused-ring (bicyclic) bond motifs is 18. The fraction of sp³-hybridized carbons (Fsp3) is 0.194. The fourth-order valence-corrected chi connectivity index (χ4v) is 12.0. The van der Waals surface area contributed by atoms with Crippen LogP contribution < -0.4 is 24.8 Å². The third-order valence-electron chi connectivity index (χ3n) is 16.0. The van der Waals surface area contributed by atoms with Gasteiger partial charge in [0.25, 0.3) is 0 Å². The quantitative estimate of drug-likeness (QED) is 0.0567. The lowest BCUT2D eigenvalue weighted by atomic mass is 10.1. The Morgan fingerprint density at radius 3 is 0.975 bits per heavy atom. The Morgan fingerprint density at radius 1 is 0.388 bits per heavy atom. The predicted molar refractivity (Wildman–Crippen MR) is 334 cm³/mol. The first-order chi connectivity index (χ1) is 39.5. The van der Waals surface area contributed by atoms with E-state index in [1.165, 1.54) is 64.6 Å². The van der Waals surface area contributed by atoms with Crippen LogP contribution >= 0.6 is 0 Å². The lowest BCUT2D eigenvalue weighted by Gasteiger charge is -2.27. The molecule has 0 radical (unpaired) electrons. The number of H-pyrrole nitrogens is 6. The maximum atomic E-state index is 6.47. The van der Waals surface area contributed by atoms with Crippen LogP contribution in [0.15, 0.2) is 164 Å². The van der Waals surface area contributed by atoms with Crippen LogP contribution in [0.1, 0.15) is 0 Å². The molecule has 1 aliphatic rings. The molecule has 0 unspecified atom stereocenters. The Kier molecular flexibility index (Phi) is 12.9. The monoisotopic (exact) mass is 1060 g/mol. The van der Waals surface area contributed by atoms with E-state index in [2.05, 4.69) is 228 Å². The van der Waals surface area contributed by atoms with Crippen molar-refractivity contribution < 1.29 is 14.2 Å². The van der Waals surface area contributed by atoms with Gasteiger partial charge in [-0.3, -0.25) is 4.90 Å². The average Bonchev–Trinajstić information content (AvgIpc) is 4.44. The van der Waals surface area contributed by atoms with Gasteiger partial charge in [-0.1, -0.05) is 109 Å². The number of hydrogen-bond acceptors (Lipinski definition) is 7. The number of ether oxygens (including phenoxy) is 3. The lowest BCUT2D eigenvalue weighted by Crippen LogP contribution is -2.44. The number of aromatic nitrogens is 6. The van der Waals surface area contributed by atoms with E-state index in [9.17, 15) is 0 Å². The van der Waals surface area contributed by atoms with Gasteiger partial charge in [-0.05, 0) is 75.7 Å². The van der Waals surface area contributed by atoms with Gasteiger partial charge in [0.2, 0.25) is 0 Å². The Labute approximate surface area is 461 Å². The molecular formula is C67H64N10O3. The molecule has 0 amide bonds. The third kappa shape index (κ3) is 8.84. The van der Waals surface area contributed by atoms with Crippen molar-refractivity contribution in [2.24, 2.45) is 0 Å². The summed E-state index contributed by atoms with van der Waals surface area (Å²) in [6.45, 7) is 8.86. The lowest BCUT2D eigenvalue weighted by molar-refractivity contribution is 0.193. The largest absolute Gasteiger partial charge is 0.488 e. The molecule has 80 heavy (non-hydrogen) atoms. The number of nitrogens with one attached hydrogen (secondary N) is 8. The summed E-state index contributed by atoms with van der Waals surface area (Å²) in [4.78, 5) is 26.0. The minimum absolute atomic E-state index is 0.620. The predicted octanol–water partition coefficient (Wildman–Crippen LogP) is 13.7. The van der Waals surface area contributed by atoms with Crippen LogP contribution in [0.2, 0.25) is 0 Å². The Morgan fingerprint density at radius 2 is 0.675 bits per heavy atom.